The first kappa shape index (κ1) is 12.8. The summed E-state index contributed by atoms with van der Waals surface area (Å²) in [5, 5.41) is 21.4. The van der Waals surface area contributed by atoms with Gasteiger partial charge in [-0.2, -0.15) is 0 Å². The first-order valence-corrected chi connectivity index (χ1v) is 5.48. The molecule has 0 aliphatic rings. The second-order valence-electron chi connectivity index (χ2n) is 3.35. The molecule has 0 radical (unpaired) electrons. The largest absolute Gasteiger partial charge is 0.507 e. The molecular weight excluding hydrogens is 233 g/mol. The molecule has 3 nitrogen and oxygen atoms in total. The number of aromatic hydroxyl groups is 1. The smallest absolute Gasteiger partial charge is 0.127 e. The van der Waals surface area contributed by atoms with Crippen molar-refractivity contribution in [3.63, 3.8) is 0 Å². The van der Waals surface area contributed by atoms with E-state index in [2.05, 4.69) is 5.16 Å². The van der Waals surface area contributed by atoms with Gasteiger partial charge in [-0.3, -0.25) is 0 Å². The van der Waals surface area contributed by atoms with Crippen LogP contribution in [0.15, 0.2) is 23.4 Å². The first-order chi connectivity index (χ1) is 7.69. The minimum atomic E-state index is -0.528. The van der Waals surface area contributed by atoms with E-state index < -0.39 is 5.82 Å². The van der Waals surface area contributed by atoms with E-state index >= 15 is 0 Å². The van der Waals surface area contributed by atoms with Crippen LogP contribution in [0.5, 0.6) is 5.75 Å². The predicted octanol–water partition coefficient (Wildman–Crippen LogP) is 3.12. The first-order valence-electron chi connectivity index (χ1n) is 4.95. The maximum Gasteiger partial charge on any atom is 0.127 e. The highest BCUT2D eigenvalue weighted by Crippen LogP contribution is 2.21. The Bertz CT molecular complexity index is 382. The highest BCUT2D eigenvalue weighted by molar-refractivity contribution is 6.17. The van der Waals surface area contributed by atoms with Gasteiger partial charge in [0, 0.05) is 17.5 Å². The summed E-state index contributed by atoms with van der Waals surface area (Å²) in [5.41, 5.74) is 0.682. The summed E-state index contributed by atoms with van der Waals surface area (Å²) in [5.74, 6) is -0.216. The molecule has 1 aromatic rings. The maximum atomic E-state index is 12.7. The number of hydrogen-bond donors (Lipinski definition) is 2. The van der Waals surface area contributed by atoms with Crippen LogP contribution >= 0.6 is 11.6 Å². The van der Waals surface area contributed by atoms with E-state index in [1.165, 1.54) is 12.1 Å². The van der Waals surface area contributed by atoms with Crippen LogP contribution < -0.4 is 0 Å². The Balaban J connectivity index is 2.80. The molecule has 0 bridgehead atoms. The Hall–Kier alpha value is -1.29. The zero-order valence-electron chi connectivity index (χ0n) is 8.66. The molecule has 0 atom stereocenters. The molecular formula is C11H13ClFNO2. The second kappa shape index (κ2) is 6.33. The number of rotatable bonds is 5. The molecule has 0 amide bonds. The van der Waals surface area contributed by atoms with Gasteiger partial charge in [-0.25, -0.2) is 4.39 Å². The molecule has 0 saturated carbocycles. The third-order valence-electron chi connectivity index (χ3n) is 2.19. The minimum Gasteiger partial charge on any atom is -0.507 e. The molecule has 0 spiro atoms. The molecule has 88 valence electrons. The summed E-state index contributed by atoms with van der Waals surface area (Å²) in [7, 11) is 0. The number of phenolic OH excluding ortho intramolecular Hbond substituents is 1. The Kier molecular flexibility index (Phi) is 5.05. The van der Waals surface area contributed by atoms with Gasteiger partial charge in [0.05, 0.1) is 5.71 Å². The van der Waals surface area contributed by atoms with Crippen LogP contribution in [0.1, 0.15) is 24.8 Å². The molecule has 16 heavy (non-hydrogen) atoms. The van der Waals surface area contributed by atoms with Gasteiger partial charge in [-0.1, -0.05) is 5.16 Å². The standard InChI is InChI=1S/C11H13ClFNO2/c12-6-2-1-3-10(14-16)9-5-4-8(13)7-11(9)15/h4-5,7,15-16H,1-3,6H2. The topological polar surface area (TPSA) is 52.8 Å². The highest BCUT2D eigenvalue weighted by atomic mass is 35.5. The Labute approximate surface area is 98.2 Å². The number of halogens is 2. The zero-order chi connectivity index (χ0) is 12.0. The molecule has 1 aromatic carbocycles. The minimum absolute atomic E-state index is 0.223. The molecule has 0 aliphatic heterocycles. The summed E-state index contributed by atoms with van der Waals surface area (Å²) in [4.78, 5) is 0. The van der Waals surface area contributed by atoms with Crippen molar-refractivity contribution in [1.29, 1.82) is 0 Å². The Morgan fingerprint density at radius 2 is 2.12 bits per heavy atom. The molecule has 0 aliphatic carbocycles. The van der Waals surface area contributed by atoms with E-state index in [4.69, 9.17) is 16.8 Å². The quantitative estimate of drug-likeness (QED) is 0.275. The van der Waals surface area contributed by atoms with E-state index in [0.717, 1.165) is 18.9 Å². The number of alkyl halides is 1. The van der Waals surface area contributed by atoms with Crippen molar-refractivity contribution in [3.8, 4) is 5.75 Å². The number of hydrogen-bond acceptors (Lipinski definition) is 3. The van der Waals surface area contributed by atoms with Crippen molar-refractivity contribution in [3.05, 3.63) is 29.6 Å². The highest BCUT2D eigenvalue weighted by Gasteiger charge is 2.10. The van der Waals surface area contributed by atoms with Crippen LogP contribution in [0.25, 0.3) is 0 Å². The van der Waals surface area contributed by atoms with Gasteiger partial charge >= 0.3 is 0 Å². The van der Waals surface area contributed by atoms with E-state index in [9.17, 15) is 9.50 Å². The fourth-order valence-electron chi connectivity index (χ4n) is 1.37. The van der Waals surface area contributed by atoms with E-state index in [0.29, 0.717) is 23.6 Å². The molecule has 0 aromatic heterocycles. The second-order valence-corrected chi connectivity index (χ2v) is 3.73. The molecule has 2 N–H and O–H groups in total. The normalized spacial score (nSPS) is 11.8. The fraction of sp³-hybridized carbons (Fsp3) is 0.364. The van der Waals surface area contributed by atoms with Gasteiger partial charge in [-0.05, 0) is 31.4 Å². The summed E-state index contributed by atoms with van der Waals surface area (Å²) in [6, 6.07) is 3.59. The molecule has 0 unspecified atom stereocenters. The van der Waals surface area contributed by atoms with Gasteiger partial charge in [0.1, 0.15) is 11.6 Å². The number of unbranched alkanes of at least 4 members (excludes halogenated alkanes) is 1. The average Bonchev–Trinajstić information content (AvgIpc) is 2.26. The number of oxime groups is 1. The number of benzene rings is 1. The van der Waals surface area contributed by atoms with Gasteiger partial charge in [0.25, 0.3) is 0 Å². The molecule has 5 heteroatoms. The van der Waals surface area contributed by atoms with Crippen LogP contribution in [0.4, 0.5) is 4.39 Å². The van der Waals surface area contributed by atoms with Gasteiger partial charge in [-0.15, -0.1) is 11.6 Å². The van der Waals surface area contributed by atoms with Crippen molar-refractivity contribution in [2.45, 2.75) is 19.3 Å². The van der Waals surface area contributed by atoms with Crippen LogP contribution in [0.2, 0.25) is 0 Å². The third-order valence-corrected chi connectivity index (χ3v) is 2.46. The SMILES string of the molecule is ON=C(CCCCCl)c1ccc(F)cc1O. The van der Waals surface area contributed by atoms with E-state index in [-0.39, 0.29) is 5.75 Å². The summed E-state index contributed by atoms with van der Waals surface area (Å²) < 4.78 is 12.7. The maximum absolute atomic E-state index is 12.7. The van der Waals surface area contributed by atoms with E-state index in [1.807, 2.05) is 0 Å². The van der Waals surface area contributed by atoms with Crippen molar-refractivity contribution in [2.24, 2.45) is 5.16 Å². The number of phenols is 1. The van der Waals surface area contributed by atoms with E-state index in [1.54, 1.807) is 0 Å². The summed E-state index contributed by atoms with van der Waals surface area (Å²) in [6.45, 7) is 0. The third kappa shape index (κ3) is 3.38. The number of nitrogens with zero attached hydrogens (tertiary/aromatic N) is 1. The lowest BCUT2D eigenvalue weighted by Crippen LogP contribution is -2.02. The summed E-state index contributed by atoms with van der Waals surface area (Å²) in [6.07, 6.45) is 2.03. The zero-order valence-corrected chi connectivity index (χ0v) is 9.41. The van der Waals surface area contributed by atoms with Crippen LogP contribution in [0.3, 0.4) is 0 Å². The Morgan fingerprint density at radius 1 is 1.38 bits per heavy atom. The van der Waals surface area contributed by atoms with Crippen LogP contribution in [0, 0.1) is 5.82 Å². The fourth-order valence-corrected chi connectivity index (χ4v) is 1.56. The molecule has 0 heterocycles. The molecule has 0 saturated heterocycles. The van der Waals surface area contributed by atoms with Crippen molar-refractivity contribution < 1.29 is 14.7 Å². The molecule has 1 rings (SSSR count). The lowest BCUT2D eigenvalue weighted by atomic mass is 10.0. The van der Waals surface area contributed by atoms with Crippen molar-refractivity contribution in [1.82, 2.24) is 0 Å². The molecule has 0 fully saturated rings. The lowest BCUT2D eigenvalue weighted by molar-refractivity contribution is 0.317. The summed E-state index contributed by atoms with van der Waals surface area (Å²) >= 11 is 5.52. The van der Waals surface area contributed by atoms with Gasteiger partial charge in [0.15, 0.2) is 0 Å². The average molecular weight is 246 g/mol. The van der Waals surface area contributed by atoms with Crippen molar-refractivity contribution in [2.75, 3.05) is 5.88 Å². The monoisotopic (exact) mass is 245 g/mol. The lowest BCUT2D eigenvalue weighted by Gasteiger charge is -2.06. The van der Waals surface area contributed by atoms with Gasteiger partial charge < -0.3 is 10.3 Å². The van der Waals surface area contributed by atoms with Crippen LogP contribution in [-0.2, 0) is 0 Å². The van der Waals surface area contributed by atoms with Gasteiger partial charge in [0.2, 0.25) is 0 Å². The predicted molar refractivity (Wildman–Crippen MR) is 61.0 cm³/mol. The van der Waals surface area contributed by atoms with Crippen LogP contribution in [-0.4, -0.2) is 21.9 Å². The Morgan fingerprint density at radius 3 is 2.69 bits per heavy atom. The van der Waals surface area contributed by atoms with Crippen molar-refractivity contribution >= 4 is 17.3 Å².